The number of nitrogens with one attached hydrogen (secondary N) is 1. The Kier molecular flexibility index (Phi) is 5.71. The zero-order chi connectivity index (χ0) is 19.7. The molecule has 2 fully saturated rings. The van der Waals surface area contributed by atoms with E-state index in [-0.39, 0.29) is 6.09 Å². The Morgan fingerprint density at radius 2 is 1.81 bits per heavy atom. The number of rotatable bonds is 4. The van der Waals surface area contributed by atoms with Gasteiger partial charge in [-0.25, -0.2) is 4.79 Å². The summed E-state index contributed by atoms with van der Waals surface area (Å²) in [7, 11) is 1.69. The van der Waals surface area contributed by atoms with Gasteiger partial charge in [0.15, 0.2) is 0 Å². The third kappa shape index (κ3) is 4.57. The van der Waals surface area contributed by atoms with E-state index in [1.807, 2.05) is 37.8 Å². The summed E-state index contributed by atoms with van der Waals surface area (Å²) < 4.78 is 10.8. The van der Waals surface area contributed by atoms with E-state index in [0.717, 1.165) is 31.7 Å². The summed E-state index contributed by atoms with van der Waals surface area (Å²) in [6.07, 6.45) is 4.40. The van der Waals surface area contributed by atoms with Crippen molar-refractivity contribution in [1.82, 2.24) is 10.2 Å². The number of ether oxygens (including phenoxy) is 2. The zero-order valence-corrected chi connectivity index (χ0v) is 17.4. The third-order valence-corrected chi connectivity index (χ3v) is 6.15. The summed E-state index contributed by atoms with van der Waals surface area (Å²) in [6, 6.07) is 9.13. The van der Waals surface area contributed by atoms with Crippen LogP contribution in [0.25, 0.3) is 0 Å². The summed E-state index contributed by atoms with van der Waals surface area (Å²) in [5, 5.41) is 3.84. The number of hydrogen-bond acceptors (Lipinski definition) is 4. The van der Waals surface area contributed by atoms with E-state index in [9.17, 15) is 4.79 Å². The normalized spacial score (nSPS) is 22.9. The van der Waals surface area contributed by atoms with Gasteiger partial charge in [-0.3, -0.25) is 0 Å². The second-order valence-electron chi connectivity index (χ2n) is 9.08. The first kappa shape index (κ1) is 20.0. The molecule has 2 atom stereocenters. The van der Waals surface area contributed by atoms with Gasteiger partial charge in [0.25, 0.3) is 0 Å². The molecule has 27 heavy (non-hydrogen) atoms. The van der Waals surface area contributed by atoms with Gasteiger partial charge in [0.1, 0.15) is 11.4 Å². The van der Waals surface area contributed by atoms with Crippen LogP contribution in [0.5, 0.6) is 5.75 Å². The van der Waals surface area contributed by atoms with E-state index < -0.39 is 5.60 Å². The standard InChI is InChI=1S/C22H34N2O3/c1-16(17-6-8-18(26-5)9-7-17)23-19-10-11-22(19)12-14-24(15-13-22)20(25)27-21(2,3)4/h6-9,16,19,23H,10-15H2,1-5H3/t16-,19-/m0/s1. The molecule has 3 rings (SSSR count). The first-order chi connectivity index (χ1) is 12.7. The van der Waals surface area contributed by atoms with Crippen molar-refractivity contribution in [2.24, 2.45) is 5.41 Å². The van der Waals surface area contributed by atoms with Crippen molar-refractivity contribution >= 4 is 6.09 Å². The molecule has 1 spiro atoms. The number of benzene rings is 1. The topological polar surface area (TPSA) is 50.8 Å². The highest BCUT2D eigenvalue weighted by molar-refractivity contribution is 5.68. The van der Waals surface area contributed by atoms with Crippen molar-refractivity contribution in [3.8, 4) is 5.75 Å². The van der Waals surface area contributed by atoms with Gasteiger partial charge in [-0.1, -0.05) is 12.1 Å². The first-order valence-corrected chi connectivity index (χ1v) is 10.1. The molecule has 1 aromatic carbocycles. The molecule has 0 aromatic heterocycles. The fraction of sp³-hybridized carbons (Fsp3) is 0.682. The quantitative estimate of drug-likeness (QED) is 0.841. The Morgan fingerprint density at radius 1 is 1.19 bits per heavy atom. The van der Waals surface area contributed by atoms with Crippen LogP contribution in [0.1, 0.15) is 65.0 Å². The van der Waals surface area contributed by atoms with Crippen LogP contribution in [-0.4, -0.2) is 42.8 Å². The number of carbonyl (C=O) groups is 1. The van der Waals surface area contributed by atoms with Crippen LogP contribution in [0.15, 0.2) is 24.3 Å². The van der Waals surface area contributed by atoms with Crippen LogP contribution in [0.4, 0.5) is 4.79 Å². The maximum Gasteiger partial charge on any atom is 0.410 e. The Morgan fingerprint density at radius 3 is 2.30 bits per heavy atom. The van der Waals surface area contributed by atoms with Crippen molar-refractivity contribution in [1.29, 1.82) is 0 Å². The number of nitrogens with zero attached hydrogens (tertiary/aromatic N) is 1. The van der Waals surface area contributed by atoms with E-state index in [1.165, 1.54) is 18.4 Å². The average Bonchev–Trinajstić information content (AvgIpc) is 2.64. The SMILES string of the molecule is COc1ccc([C@H](C)N[C@H]2CCC23CCN(C(=O)OC(C)(C)C)CC3)cc1. The number of carbonyl (C=O) groups excluding carboxylic acids is 1. The Labute approximate surface area is 163 Å². The fourth-order valence-corrected chi connectivity index (χ4v) is 4.31. The van der Waals surface area contributed by atoms with Crippen LogP contribution in [0, 0.1) is 5.41 Å². The van der Waals surface area contributed by atoms with Crippen LogP contribution < -0.4 is 10.1 Å². The molecule has 1 saturated heterocycles. The van der Waals surface area contributed by atoms with Crippen molar-refractivity contribution in [3.63, 3.8) is 0 Å². The highest BCUT2D eigenvalue weighted by Gasteiger charge is 2.49. The molecule has 5 nitrogen and oxygen atoms in total. The number of likely N-dealkylation sites (tertiary alicyclic amines) is 1. The third-order valence-electron chi connectivity index (χ3n) is 6.15. The zero-order valence-electron chi connectivity index (χ0n) is 17.4. The molecule has 0 unspecified atom stereocenters. The molecule has 1 heterocycles. The molecular formula is C22H34N2O3. The van der Waals surface area contributed by atoms with E-state index in [0.29, 0.717) is 17.5 Å². The lowest BCUT2D eigenvalue weighted by Gasteiger charge is -2.55. The van der Waals surface area contributed by atoms with Gasteiger partial charge in [-0.2, -0.15) is 0 Å². The lowest BCUT2D eigenvalue weighted by molar-refractivity contribution is -0.0261. The first-order valence-electron chi connectivity index (χ1n) is 10.1. The van der Waals surface area contributed by atoms with Gasteiger partial charge >= 0.3 is 6.09 Å². The monoisotopic (exact) mass is 374 g/mol. The second kappa shape index (κ2) is 7.70. The van der Waals surface area contributed by atoms with Gasteiger partial charge in [-0.15, -0.1) is 0 Å². The Hall–Kier alpha value is -1.75. The van der Waals surface area contributed by atoms with Gasteiger partial charge in [0, 0.05) is 25.2 Å². The maximum atomic E-state index is 12.3. The molecule has 1 aliphatic heterocycles. The lowest BCUT2D eigenvalue weighted by atomic mass is 9.59. The van der Waals surface area contributed by atoms with Crippen LogP contribution in [0.2, 0.25) is 0 Å². The minimum Gasteiger partial charge on any atom is -0.497 e. The molecule has 150 valence electrons. The highest BCUT2D eigenvalue weighted by Crippen LogP contribution is 2.50. The predicted molar refractivity (Wildman–Crippen MR) is 107 cm³/mol. The van der Waals surface area contributed by atoms with Crippen LogP contribution >= 0.6 is 0 Å². The summed E-state index contributed by atoms with van der Waals surface area (Å²) in [4.78, 5) is 14.2. The lowest BCUT2D eigenvalue weighted by Crippen LogP contribution is -2.59. The minimum absolute atomic E-state index is 0.173. The van der Waals surface area contributed by atoms with E-state index in [2.05, 4.69) is 24.4 Å². The summed E-state index contributed by atoms with van der Waals surface area (Å²) >= 11 is 0. The van der Waals surface area contributed by atoms with Gasteiger partial charge < -0.3 is 19.7 Å². The molecule has 0 radical (unpaired) electrons. The molecule has 1 N–H and O–H groups in total. The van der Waals surface area contributed by atoms with Crippen molar-refractivity contribution in [3.05, 3.63) is 29.8 Å². The molecule has 2 aliphatic rings. The van der Waals surface area contributed by atoms with Gasteiger partial charge in [0.05, 0.1) is 7.11 Å². The average molecular weight is 375 g/mol. The molecule has 0 bridgehead atoms. The highest BCUT2D eigenvalue weighted by atomic mass is 16.6. The molecule has 1 saturated carbocycles. The maximum absolute atomic E-state index is 12.3. The molecule has 1 amide bonds. The molecule has 5 heteroatoms. The van der Waals surface area contributed by atoms with Crippen molar-refractivity contribution in [2.75, 3.05) is 20.2 Å². The van der Waals surface area contributed by atoms with E-state index >= 15 is 0 Å². The number of amides is 1. The predicted octanol–water partition coefficient (Wildman–Crippen LogP) is 4.53. The van der Waals surface area contributed by atoms with Gasteiger partial charge in [0.2, 0.25) is 0 Å². The molecule has 1 aromatic rings. The Balaban J connectivity index is 1.53. The van der Waals surface area contributed by atoms with Crippen molar-refractivity contribution in [2.45, 2.75) is 71.1 Å². The Bertz CT molecular complexity index is 643. The summed E-state index contributed by atoms with van der Waals surface area (Å²) in [6.45, 7) is 9.58. The second-order valence-corrected chi connectivity index (χ2v) is 9.08. The van der Waals surface area contributed by atoms with Crippen LogP contribution in [0.3, 0.4) is 0 Å². The molecule has 1 aliphatic carbocycles. The molecular weight excluding hydrogens is 340 g/mol. The van der Waals surface area contributed by atoms with E-state index in [4.69, 9.17) is 9.47 Å². The fourth-order valence-electron chi connectivity index (χ4n) is 4.31. The van der Waals surface area contributed by atoms with Crippen LogP contribution in [-0.2, 0) is 4.74 Å². The smallest absolute Gasteiger partial charge is 0.410 e. The number of methoxy groups -OCH3 is 1. The van der Waals surface area contributed by atoms with Gasteiger partial charge in [-0.05, 0) is 76.5 Å². The van der Waals surface area contributed by atoms with E-state index in [1.54, 1.807) is 7.11 Å². The largest absolute Gasteiger partial charge is 0.497 e. The minimum atomic E-state index is -0.430. The summed E-state index contributed by atoms with van der Waals surface area (Å²) in [5.74, 6) is 0.889. The number of piperidine rings is 1. The summed E-state index contributed by atoms with van der Waals surface area (Å²) in [5.41, 5.74) is 1.18. The van der Waals surface area contributed by atoms with Crippen molar-refractivity contribution < 1.29 is 14.3 Å². The number of hydrogen-bond donors (Lipinski definition) is 1.